The largest absolute Gasteiger partial charge is 0.314 e. The number of terminal acetylenes is 1. The van der Waals surface area contributed by atoms with Gasteiger partial charge < -0.3 is 10.2 Å². The number of hydrogen-bond donors (Lipinski definition) is 1. The summed E-state index contributed by atoms with van der Waals surface area (Å²) in [6.45, 7) is 7.06. The number of nitrogens with zero attached hydrogens (tertiary/aromatic N) is 1. The Hall–Kier alpha value is -0.520. The minimum atomic E-state index is 0.758. The second kappa shape index (κ2) is 7.73. The Morgan fingerprint density at radius 3 is 2.73 bits per heavy atom. The van der Waals surface area contributed by atoms with Gasteiger partial charge in [0.25, 0.3) is 0 Å². The highest BCUT2D eigenvalue weighted by Crippen LogP contribution is 2.10. The van der Waals surface area contributed by atoms with Gasteiger partial charge in [0, 0.05) is 12.5 Å². The monoisotopic (exact) mass is 208 g/mol. The first-order chi connectivity index (χ1) is 7.36. The Labute approximate surface area is 94.4 Å². The highest BCUT2D eigenvalue weighted by atomic mass is 15.1. The average molecular weight is 208 g/mol. The summed E-state index contributed by atoms with van der Waals surface area (Å²) in [7, 11) is 0. The van der Waals surface area contributed by atoms with Gasteiger partial charge in [-0.25, -0.2) is 0 Å². The van der Waals surface area contributed by atoms with Crippen molar-refractivity contribution in [2.75, 3.05) is 26.2 Å². The maximum Gasteiger partial charge on any atom is 0.00982 e. The van der Waals surface area contributed by atoms with E-state index in [1.165, 1.54) is 45.4 Å². The molecule has 0 unspecified atom stereocenters. The van der Waals surface area contributed by atoms with Crippen molar-refractivity contribution in [3.8, 4) is 12.3 Å². The van der Waals surface area contributed by atoms with E-state index in [9.17, 15) is 0 Å². The third kappa shape index (κ3) is 5.20. The van der Waals surface area contributed by atoms with E-state index in [0.29, 0.717) is 0 Å². The number of rotatable bonds is 6. The SMILES string of the molecule is C#CCCCN1CCC(NCCC)CC1. The fraction of sp³-hybridized carbons (Fsp3) is 0.846. The fourth-order valence-electron chi connectivity index (χ4n) is 2.11. The van der Waals surface area contributed by atoms with Crippen LogP contribution in [0.1, 0.15) is 39.0 Å². The molecule has 0 aromatic carbocycles. The fourth-order valence-corrected chi connectivity index (χ4v) is 2.11. The molecule has 0 aromatic rings. The normalized spacial score (nSPS) is 18.9. The smallest absolute Gasteiger partial charge is 0.00982 e. The summed E-state index contributed by atoms with van der Waals surface area (Å²) in [4.78, 5) is 2.54. The van der Waals surface area contributed by atoms with E-state index in [4.69, 9.17) is 6.42 Å². The molecule has 2 nitrogen and oxygen atoms in total. The lowest BCUT2D eigenvalue weighted by Gasteiger charge is -2.32. The predicted molar refractivity (Wildman–Crippen MR) is 65.8 cm³/mol. The Balaban J connectivity index is 2.05. The molecule has 1 aliphatic rings. The second-order valence-electron chi connectivity index (χ2n) is 4.38. The van der Waals surface area contributed by atoms with Crippen LogP contribution in [0.15, 0.2) is 0 Å². The van der Waals surface area contributed by atoms with E-state index in [-0.39, 0.29) is 0 Å². The minimum absolute atomic E-state index is 0.758. The molecule has 0 radical (unpaired) electrons. The topological polar surface area (TPSA) is 15.3 Å². The van der Waals surface area contributed by atoms with Gasteiger partial charge in [0.05, 0.1) is 0 Å². The third-order valence-corrected chi connectivity index (χ3v) is 3.07. The maximum atomic E-state index is 5.24. The van der Waals surface area contributed by atoms with Crippen LogP contribution < -0.4 is 5.32 Å². The molecule has 1 fully saturated rings. The molecule has 1 N–H and O–H groups in total. The molecule has 0 aromatic heterocycles. The molecule has 0 spiro atoms. The van der Waals surface area contributed by atoms with Gasteiger partial charge in [-0.1, -0.05) is 6.92 Å². The molecule has 0 amide bonds. The van der Waals surface area contributed by atoms with Crippen LogP contribution in [0.25, 0.3) is 0 Å². The van der Waals surface area contributed by atoms with E-state index in [1.54, 1.807) is 0 Å². The van der Waals surface area contributed by atoms with Crippen LogP contribution in [0.2, 0.25) is 0 Å². The van der Waals surface area contributed by atoms with Crippen LogP contribution in [-0.2, 0) is 0 Å². The molecule has 0 aliphatic carbocycles. The van der Waals surface area contributed by atoms with Crippen molar-refractivity contribution in [3.63, 3.8) is 0 Å². The Bertz CT molecular complexity index is 187. The number of hydrogen-bond acceptors (Lipinski definition) is 2. The summed E-state index contributed by atoms with van der Waals surface area (Å²) in [6.07, 6.45) is 11.2. The third-order valence-electron chi connectivity index (χ3n) is 3.07. The molecule has 1 aliphatic heterocycles. The zero-order valence-corrected chi connectivity index (χ0v) is 9.97. The molecule has 1 heterocycles. The van der Waals surface area contributed by atoms with Gasteiger partial charge in [-0.05, 0) is 51.9 Å². The molecule has 0 bridgehead atoms. The Morgan fingerprint density at radius 2 is 2.13 bits per heavy atom. The molecule has 0 atom stereocenters. The summed E-state index contributed by atoms with van der Waals surface area (Å²) in [5.41, 5.74) is 0. The van der Waals surface area contributed by atoms with Gasteiger partial charge in [-0.3, -0.25) is 0 Å². The van der Waals surface area contributed by atoms with Gasteiger partial charge >= 0.3 is 0 Å². The van der Waals surface area contributed by atoms with Gasteiger partial charge in [-0.15, -0.1) is 12.3 Å². The van der Waals surface area contributed by atoms with Gasteiger partial charge in [-0.2, -0.15) is 0 Å². The lowest BCUT2D eigenvalue weighted by Crippen LogP contribution is -2.42. The van der Waals surface area contributed by atoms with Crippen molar-refractivity contribution in [2.45, 2.75) is 45.1 Å². The maximum absolute atomic E-state index is 5.24. The van der Waals surface area contributed by atoms with Crippen LogP contribution in [0.3, 0.4) is 0 Å². The zero-order chi connectivity index (χ0) is 10.9. The van der Waals surface area contributed by atoms with Gasteiger partial charge in [0.1, 0.15) is 0 Å². The number of unbranched alkanes of at least 4 members (excludes halogenated alkanes) is 1. The summed E-state index contributed by atoms with van der Waals surface area (Å²) in [5.74, 6) is 2.70. The lowest BCUT2D eigenvalue weighted by molar-refractivity contribution is 0.197. The highest BCUT2D eigenvalue weighted by Gasteiger charge is 2.17. The van der Waals surface area contributed by atoms with E-state index in [1.807, 2.05) is 0 Å². The van der Waals surface area contributed by atoms with Crippen LogP contribution in [0, 0.1) is 12.3 Å². The van der Waals surface area contributed by atoms with Crippen molar-refractivity contribution in [1.29, 1.82) is 0 Å². The van der Waals surface area contributed by atoms with E-state index in [2.05, 4.69) is 23.1 Å². The predicted octanol–water partition coefficient (Wildman–Crippen LogP) is 1.86. The Morgan fingerprint density at radius 1 is 1.40 bits per heavy atom. The number of nitrogens with one attached hydrogen (secondary N) is 1. The highest BCUT2D eigenvalue weighted by molar-refractivity contribution is 4.84. The molecule has 15 heavy (non-hydrogen) atoms. The summed E-state index contributed by atoms with van der Waals surface area (Å²) >= 11 is 0. The van der Waals surface area contributed by atoms with Gasteiger partial charge in [0.2, 0.25) is 0 Å². The lowest BCUT2D eigenvalue weighted by atomic mass is 10.0. The molecular formula is C13H24N2. The molecule has 86 valence electrons. The van der Waals surface area contributed by atoms with Crippen LogP contribution in [0.4, 0.5) is 0 Å². The summed E-state index contributed by atoms with van der Waals surface area (Å²) in [6, 6.07) is 0.758. The average Bonchev–Trinajstić information content (AvgIpc) is 2.28. The van der Waals surface area contributed by atoms with Crippen molar-refractivity contribution < 1.29 is 0 Å². The molecule has 1 rings (SSSR count). The quantitative estimate of drug-likeness (QED) is 0.529. The van der Waals surface area contributed by atoms with Gasteiger partial charge in [0.15, 0.2) is 0 Å². The summed E-state index contributed by atoms with van der Waals surface area (Å²) in [5, 5.41) is 3.60. The van der Waals surface area contributed by atoms with Crippen molar-refractivity contribution in [2.24, 2.45) is 0 Å². The van der Waals surface area contributed by atoms with Crippen molar-refractivity contribution in [3.05, 3.63) is 0 Å². The van der Waals surface area contributed by atoms with Crippen LogP contribution >= 0.6 is 0 Å². The first-order valence-corrected chi connectivity index (χ1v) is 6.26. The first kappa shape index (κ1) is 12.5. The zero-order valence-electron chi connectivity index (χ0n) is 9.97. The molecular weight excluding hydrogens is 184 g/mol. The number of likely N-dealkylation sites (tertiary alicyclic amines) is 1. The molecule has 2 heteroatoms. The number of piperidine rings is 1. The van der Waals surface area contributed by atoms with E-state index >= 15 is 0 Å². The standard InChI is InChI=1S/C13H24N2/c1-3-5-6-10-15-11-7-13(8-12-15)14-9-4-2/h1,13-14H,4-12H2,2H3. The molecule has 1 saturated heterocycles. The molecule has 0 saturated carbocycles. The van der Waals surface area contributed by atoms with Crippen molar-refractivity contribution in [1.82, 2.24) is 10.2 Å². The van der Waals surface area contributed by atoms with E-state index < -0.39 is 0 Å². The first-order valence-electron chi connectivity index (χ1n) is 6.26. The van der Waals surface area contributed by atoms with E-state index in [0.717, 1.165) is 18.9 Å². The summed E-state index contributed by atoms with van der Waals surface area (Å²) < 4.78 is 0. The second-order valence-corrected chi connectivity index (χ2v) is 4.38. The van der Waals surface area contributed by atoms with Crippen LogP contribution in [-0.4, -0.2) is 37.1 Å². The van der Waals surface area contributed by atoms with Crippen LogP contribution in [0.5, 0.6) is 0 Å². The minimum Gasteiger partial charge on any atom is -0.314 e. The van der Waals surface area contributed by atoms with Crippen molar-refractivity contribution >= 4 is 0 Å². The Kier molecular flexibility index (Phi) is 6.47.